The van der Waals surface area contributed by atoms with Gasteiger partial charge in [-0.1, -0.05) is 15.9 Å². The van der Waals surface area contributed by atoms with Crippen LogP contribution < -0.4 is 10.6 Å². The van der Waals surface area contributed by atoms with Crippen LogP contribution in [0.4, 0.5) is 15.8 Å². The second-order valence-corrected chi connectivity index (χ2v) is 5.39. The van der Waals surface area contributed by atoms with Crippen LogP contribution in [-0.2, 0) is 6.54 Å². The van der Waals surface area contributed by atoms with Crippen LogP contribution in [-0.4, -0.2) is 7.05 Å². The number of benzene rings is 2. The number of nitrogens with zero attached hydrogens (tertiary/aromatic N) is 2. The van der Waals surface area contributed by atoms with E-state index in [4.69, 9.17) is 11.0 Å². The normalized spacial score (nSPS) is 10.1. The van der Waals surface area contributed by atoms with Gasteiger partial charge in [0.2, 0.25) is 0 Å². The number of rotatable bonds is 3. The number of nitrogen functional groups attached to an aromatic ring is 1. The number of nitriles is 1. The van der Waals surface area contributed by atoms with E-state index >= 15 is 0 Å². The summed E-state index contributed by atoms with van der Waals surface area (Å²) < 4.78 is 14.2. The van der Waals surface area contributed by atoms with Crippen molar-refractivity contribution in [1.29, 1.82) is 5.26 Å². The first-order chi connectivity index (χ1) is 9.51. The third kappa shape index (κ3) is 3.09. The number of hydrogen-bond donors (Lipinski definition) is 1. The lowest BCUT2D eigenvalue weighted by Gasteiger charge is -2.22. The number of nitrogens with two attached hydrogens (primary N) is 1. The largest absolute Gasteiger partial charge is 0.397 e. The van der Waals surface area contributed by atoms with Crippen LogP contribution in [0.2, 0.25) is 0 Å². The van der Waals surface area contributed by atoms with E-state index in [2.05, 4.69) is 22.0 Å². The van der Waals surface area contributed by atoms with E-state index < -0.39 is 0 Å². The molecule has 0 saturated carbocycles. The molecule has 0 bridgehead atoms. The molecule has 0 radical (unpaired) electrons. The highest BCUT2D eigenvalue weighted by Crippen LogP contribution is 2.27. The zero-order valence-corrected chi connectivity index (χ0v) is 12.5. The number of hydrogen-bond acceptors (Lipinski definition) is 3. The Bertz CT molecular complexity index is 679. The van der Waals surface area contributed by atoms with Crippen molar-refractivity contribution in [1.82, 2.24) is 0 Å². The van der Waals surface area contributed by atoms with Gasteiger partial charge in [-0.25, -0.2) is 4.39 Å². The molecule has 0 aliphatic heterocycles. The van der Waals surface area contributed by atoms with E-state index in [1.54, 1.807) is 0 Å². The molecular formula is C15H13BrFN3. The maximum Gasteiger partial charge on any atom is 0.123 e. The number of anilines is 2. The molecule has 3 nitrogen and oxygen atoms in total. The first-order valence-electron chi connectivity index (χ1n) is 5.96. The topological polar surface area (TPSA) is 53.0 Å². The quantitative estimate of drug-likeness (QED) is 0.871. The first kappa shape index (κ1) is 14.4. The Morgan fingerprint density at radius 2 is 2.05 bits per heavy atom. The standard InChI is InChI=1S/C15H13BrFN3/c1-20(15-5-3-12(16)7-14(15)19)9-11-6-13(17)4-2-10(11)8-18/h2-7H,9,19H2,1H3. The van der Waals surface area contributed by atoms with Crippen molar-refractivity contribution < 1.29 is 4.39 Å². The summed E-state index contributed by atoms with van der Waals surface area (Å²) in [5, 5.41) is 9.06. The highest BCUT2D eigenvalue weighted by atomic mass is 79.9. The predicted octanol–water partition coefficient (Wildman–Crippen LogP) is 3.68. The maximum atomic E-state index is 13.3. The molecular weight excluding hydrogens is 321 g/mol. The second-order valence-electron chi connectivity index (χ2n) is 4.47. The summed E-state index contributed by atoms with van der Waals surface area (Å²) in [5.74, 6) is -0.351. The lowest BCUT2D eigenvalue weighted by molar-refractivity contribution is 0.625. The Morgan fingerprint density at radius 1 is 1.30 bits per heavy atom. The van der Waals surface area contributed by atoms with Crippen LogP contribution in [0.3, 0.4) is 0 Å². The van der Waals surface area contributed by atoms with Gasteiger partial charge in [-0.2, -0.15) is 5.26 Å². The number of halogens is 2. The molecule has 0 amide bonds. The SMILES string of the molecule is CN(Cc1cc(F)ccc1C#N)c1ccc(Br)cc1N. The summed E-state index contributed by atoms with van der Waals surface area (Å²) >= 11 is 3.35. The van der Waals surface area contributed by atoms with Gasteiger partial charge in [0.25, 0.3) is 0 Å². The average molecular weight is 334 g/mol. The Labute approximate surface area is 125 Å². The van der Waals surface area contributed by atoms with Gasteiger partial charge >= 0.3 is 0 Å². The summed E-state index contributed by atoms with van der Waals surface area (Å²) in [6.07, 6.45) is 0. The lowest BCUT2D eigenvalue weighted by atomic mass is 10.1. The fraction of sp³-hybridized carbons (Fsp3) is 0.133. The van der Waals surface area contributed by atoms with Crippen LogP contribution in [0.15, 0.2) is 40.9 Å². The smallest absolute Gasteiger partial charge is 0.123 e. The van der Waals surface area contributed by atoms with Crippen molar-refractivity contribution in [3.8, 4) is 6.07 Å². The van der Waals surface area contributed by atoms with Gasteiger partial charge in [0, 0.05) is 18.1 Å². The Morgan fingerprint density at radius 3 is 2.70 bits per heavy atom. The molecule has 0 aliphatic carbocycles. The molecule has 0 fully saturated rings. The third-order valence-electron chi connectivity index (χ3n) is 3.00. The van der Waals surface area contributed by atoms with Crippen molar-refractivity contribution >= 4 is 27.3 Å². The van der Waals surface area contributed by atoms with E-state index in [-0.39, 0.29) is 5.82 Å². The zero-order chi connectivity index (χ0) is 14.7. The van der Waals surface area contributed by atoms with Crippen molar-refractivity contribution in [3.05, 3.63) is 57.8 Å². The second kappa shape index (κ2) is 5.93. The fourth-order valence-electron chi connectivity index (χ4n) is 2.02. The Hall–Kier alpha value is -2.06. The van der Waals surface area contributed by atoms with Crippen LogP contribution in [0, 0.1) is 17.1 Å². The van der Waals surface area contributed by atoms with Gasteiger partial charge in [0.15, 0.2) is 0 Å². The van der Waals surface area contributed by atoms with E-state index in [0.717, 1.165) is 10.2 Å². The lowest BCUT2D eigenvalue weighted by Crippen LogP contribution is -2.18. The van der Waals surface area contributed by atoms with Crippen LogP contribution in [0.5, 0.6) is 0 Å². The summed E-state index contributed by atoms with van der Waals surface area (Å²) in [7, 11) is 1.85. The molecule has 102 valence electrons. The molecule has 0 unspecified atom stereocenters. The molecule has 0 atom stereocenters. The van der Waals surface area contributed by atoms with Crippen molar-refractivity contribution in [2.75, 3.05) is 17.7 Å². The van der Waals surface area contributed by atoms with Gasteiger partial charge in [0.05, 0.1) is 23.0 Å². The van der Waals surface area contributed by atoms with Crippen molar-refractivity contribution in [3.63, 3.8) is 0 Å². The molecule has 2 rings (SSSR count). The molecule has 5 heteroatoms. The van der Waals surface area contributed by atoms with Gasteiger partial charge < -0.3 is 10.6 Å². The summed E-state index contributed by atoms with van der Waals surface area (Å²) in [4.78, 5) is 1.89. The molecule has 0 spiro atoms. The summed E-state index contributed by atoms with van der Waals surface area (Å²) in [6.45, 7) is 0.409. The van der Waals surface area contributed by atoms with Gasteiger partial charge in [-0.15, -0.1) is 0 Å². The Kier molecular flexibility index (Phi) is 4.26. The molecule has 0 saturated heterocycles. The minimum absolute atomic E-state index is 0.351. The monoisotopic (exact) mass is 333 g/mol. The van der Waals surface area contributed by atoms with Gasteiger partial charge in [-0.3, -0.25) is 0 Å². The molecule has 0 aromatic heterocycles. The molecule has 2 aromatic rings. The highest BCUT2D eigenvalue weighted by molar-refractivity contribution is 9.10. The summed E-state index contributed by atoms with van der Waals surface area (Å²) in [6, 6.07) is 11.8. The van der Waals surface area contributed by atoms with Crippen LogP contribution >= 0.6 is 15.9 Å². The van der Waals surface area contributed by atoms with E-state index in [1.807, 2.05) is 30.1 Å². The first-order valence-corrected chi connectivity index (χ1v) is 6.75. The highest BCUT2D eigenvalue weighted by Gasteiger charge is 2.10. The molecule has 20 heavy (non-hydrogen) atoms. The minimum Gasteiger partial charge on any atom is -0.397 e. The minimum atomic E-state index is -0.351. The van der Waals surface area contributed by atoms with Gasteiger partial charge in [0.1, 0.15) is 5.82 Å². The molecule has 0 aliphatic rings. The van der Waals surface area contributed by atoms with E-state index in [9.17, 15) is 4.39 Å². The molecule has 0 heterocycles. The molecule has 2 N–H and O–H groups in total. The third-order valence-corrected chi connectivity index (χ3v) is 3.49. The fourth-order valence-corrected chi connectivity index (χ4v) is 2.39. The average Bonchev–Trinajstić information content (AvgIpc) is 2.38. The van der Waals surface area contributed by atoms with Crippen molar-refractivity contribution in [2.45, 2.75) is 6.54 Å². The van der Waals surface area contributed by atoms with Crippen LogP contribution in [0.25, 0.3) is 0 Å². The van der Waals surface area contributed by atoms with E-state index in [0.29, 0.717) is 23.4 Å². The van der Waals surface area contributed by atoms with Gasteiger partial charge in [-0.05, 0) is 42.0 Å². The van der Waals surface area contributed by atoms with Crippen LogP contribution in [0.1, 0.15) is 11.1 Å². The zero-order valence-electron chi connectivity index (χ0n) is 10.9. The molecule has 2 aromatic carbocycles. The Balaban J connectivity index is 2.30. The summed E-state index contributed by atoms with van der Waals surface area (Å²) in [5.41, 5.74) is 8.53. The predicted molar refractivity (Wildman–Crippen MR) is 81.8 cm³/mol. The van der Waals surface area contributed by atoms with Crippen molar-refractivity contribution in [2.24, 2.45) is 0 Å². The maximum absolute atomic E-state index is 13.3. The van der Waals surface area contributed by atoms with E-state index in [1.165, 1.54) is 18.2 Å².